The van der Waals surface area contributed by atoms with Crippen molar-refractivity contribution < 1.29 is 5.11 Å². The molecular formula is C28H58O. The number of hydrogen-bond acceptors (Lipinski definition) is 1. The smallest absolute Gasteiger partial charge is 0.0675 e. The highest BCUT2D eigenvalue weighted by atomic mass is 16.3. The molecule has 0 spiro atoms. The second kappa shape index (κ2) is 21.2. The monoisotopic (exact) mass is 410 g/mol. The molecule has 0 heterocycles. The summed E-state index contributed by atoms with van der Waals surface area (Å²) < 4.78 is 0. The Hall–Kier alpha value is -0.0400. The fraction of sp³-hybridized carbons (Fsp3) is 1.00. The number of hydrogen-bond donors (Lipinski definition) is 1. The molecule has 0 fully saturated rings. The van der Waals surface area contributed by atoms with Crippen molar-refractivity contribution in [3.8, 4) is 0 Å². The van der Waals surface area contributed by atoms with Gasteiger partial charge in [0.1, 0.15) is 0 Å². The van der Waals surface area contributed by atoms with Gasteiger partial charge in [-0.25, -0.2) is 0 Å². The molecule has 1 atom stereocenters. The predicted molar refractivity (Wildman–Crippen MR) is 133 cm³/mol. The van der Waals surface area contributed by atoms with Crippen molar-refractivity contribution in [1.82, 2.24) is 0 Å². The quantitative estimate of drug-likeness (QED) is 0.166. The average Bonchev–Trinajstić information content (AvgIpc) is 2.72. The maximum Gasteiger partial charge on any atom is 0.0675 e. The first-order valence-electron chi connectivity index (χ1n) is 13.9. The van der Waals surface area contributed by atoms with Crippen LogP contribution in [-0.2, 0) is 0 Å². The third-order valence-electron chi connectivity index (χ3n) is 7.09. The van der Waals surface area contributed by atoms with Gasteiger partial charge >= 0.3 is 0 Å². The van der Waals surface area contributed by atoms with Crippen LogP contribution in [0.4, 0.5) is 0 Å². The van der Waals surface area contributed by atoms with E-state index in [1.165, 1.54) is 122 Å². The summed E-state index contributed by atoms with van der Waals surface area (Å²) in [4.78, 5) is 0. The van der Waals surface area contributed by atoms with Crippen LogP contribution in [0.2, 0.25) is 0 Å². The SMILES string of the molecule is CCCCCCCCC(CC)C(O)(CCCCCCCC)CCCCCCCC. The molecule has 0 saturated carbocycles. The Bertz CT molecular complexity index is 295. The van der Waals surface area contributed by atoms with Gasteiger partial charge in [-0.2, -0.15) is 0 Å². The van der Waals surface area contributed by atoms with Gasteiger partial charge in [-0.1, -0.05) is 150 Å². The molecule has 0 aromatic carbocycles. The minimum atomic E-state index is -0.395. The average molecular weight is 411 g/mol. The normalized spacial score (nSPS) is 13.1. The van der Waals surface area contributed by atoms with Crippen molar-refractivity contribution in [2.24, 2.45) is 5.92 Å². The van der Waals surface area contributed by atoms with Crippen molar-refractivity contribution in [3.05, 3.63) is 0 Å². The standard InChI is InChI=1S/C28H58O/c1-5-9-12-15-18-21-24-27(8-4)28(29,25-22-19-16-13-10-6-2)26-23-20-17-14-11-7-3/h27,29H,5-26H2,1-4H3. The lowest BCUT2D eigenvalue weighted by molar-refractivity contribution is -0.0432. The second-order valence-electron chi connectivity index (χ2n) is 9.80. The Labute approximate surface area is 185 Å². The summed E-state index contributed by atoms with van der Waals surface area (Å²) in [7, 11) is 0. The van der Waals surface area contributed by atoms with E-state index in [9.17, 15) is 5.11 Å². The van der Waals surface area contributed by atoms with Crippen molar-refractivity contribution in [1.29, 1.82) is 0 Å². The van der Waals surface area contributed by atoms with Gasteiger partial charge in [0.05, 0.1) is 5.60 Å². The van der Waals surface area contributed by atoms with Gasteiger partial charge in [0, 0.05) is 0 Å². The molecule has 0 rings (SSSR count). The first-order valence-corrected chi connectivity index (χ1v) is 13.9. The zero-order valence-electron chi connectivity index (χ0n) is 21.1. The summed E-state index contributed by atoms with van der Waals surface area (Å²) in [5, 5.41) is 11.7. The molecule has 0 aromatic heterocycles. The van der Waals surface area contributed by atoms with Gasteiger partial charge in [-0.3, -0.25) is 0 Å². The van der Waals surface area contributed by atoms with E-state index in [2.05, 4.69) is 27.7 Å². The molecule has 0 saturated heterocycles. The maximum atomic E-state index is 11.7. The van der Waals surface area contributed by atoms with E-state index in [4.69, 9.17) is 0 Å². The zero-order chi connectivity index (χ0) is 21.6. The fourth-order valence-corrected chi connectivity index (χ4v) is 4.98. The minimum absolute atomic E-state index is 0.395. The summed E-state index contributed by atoms with van der Waals surface area (Å²) in [5.74, 6) is 0.514. The van der Waals surface area contributed by atoms with Gasteiger partial charge in [-0.05, 0) is 25.2 Å². The molecule has 1 unspecified atom stereocenters. The highest BCUT2D eigenvalue weighted by Gasteiger charge is 2.33. The molecule has 0 aromatic rings. The van der Waals surface area contributed by atoms with E-state index >= 15 is 0 Å². The summed E-state index contributed by atoms with van der Waals surface area (Å²) in [6.45, 7) is 9.17. The summed E-state index contributed by atoms with van der Waals surface area (Å²) in [6, 6.07) is 0. The Balaban J connectivity index is 4.45. The van der Waals surface area contributed by atoms with Gasteiger partial charge in [0.25, 0.3) is 0 Å². The van der Waals surface area contributed by atoms with E-state index in [0.29, 0.717) is 5.92 Å². The summed E-state index contributed by atoms with van der Waals surface area (Å²) in [6.07, 6.45) is 28.6. The molecule has 176 valence electrons. The molecule has 29 heavy (non-hydrogen) atoms. The molecule has 1 heteroatoms. The Morgan fingerprint density at radius 1 is 0.483 bits per heavy atom. The molecule has 0 aliphatic carbocycles. The molecule has 0 bridgehead atoms. The van der Waals surface area contributed by atoms with Crippen molar-refractivity contribution >= 4 is 0 Å². The molecular weight excluding hydrogens is 352 g/mol. The van der Waals surface area contributed by atoms with E-state index in [-0.39, 0.29) is 0 Å². The van der Waals surface area contributed by atoms with Crippen LogP contribution >= 0.6 is 0 Å². The third kappa shape index (κ3) is 16.3. The largest absolute Gasteiger partial charge is 0.390 e. The number of rotatable bonds is 23. The van der Waals surface area contributed by atoms with E-state index < -0.39 is 5.60 Å². The van der Waals surface area contributed by atoms with Gasteiger partial charge < -0.3 is 5.11 Å². The maximum absolute atomic E-state index is 11.7. The predicted octanol–water partition coefficient (Wildman–Crippen LogP) is 10.00. The lowest BCUT2D eigenvalue weighted by atomic mass is 9.75. The minimum Gasteiger partial charge on any atom is -0.390 e. The van der Waals surface area contributed by atoms with Crippen LogP contribution in [0, 0.1) is 5.92 Å². The van der Waals surface area contributed by atoms with Crippen LogP contribution in [0.25, 0.3) is 0 Å². The summed E-state index contributed by atoms with van der Waals surface area (Å²) >= 11 is 0. The van der Waals surface area contributed by atoms with E-state index in [0.717, 1.165) is 19.3 Å². The molecule has 0 aliphatic rings. The van der Waals surface area contributed by atoms with Crippen LogP contribution in [0.15, 0.2) is 0 Å². The van der Waals surface area contributed by atoms with Crippen LogP contribution in [0.3, 0.4) is 0 Å². The van der Waals surface area contributed by atoms with Crippen molar-refractivity contribution in [3.63, 3.8) is 0 Å². The molecule has 0 radical (unpaired) electrons. The van der Waals surface area contributed by atoms with Crippen LogP contribution in [-0.4, -0.2) is 10.7 Å². The van der Waals surface area contributed by atoms with E-state index in [1.807, 2.05) is 0 Å². The van der Waals surface area contributed by atoms with Gasteiger partial charge in [0.2, 0.25) is 0 Å². The zero-order valence-corrected chi connectivity index (χ0v) is 21.1. The second-order valence-corrected chi connectivity index (χ2v) is 9.80. The lowest BCUT2D eigenvalue weighted by Gasteiger charge is -2.37. The number of aliphatic hydroxyl groups is 1. The number of unbranched alkanes of at least 4 members (excludes halogenated alkanes) is 15. The van der Waals surface area contributed by atoms with Crippen molar-refractivity contribution in [2.75, 3.05) is 0 Å². The lowest BCUT2D eigenvalue weighted by Crippen LogP contribution is -2.38. The molecule has 1 N–H and O–H groups in total. The Kier molecular flexibility index (Phi) is 21.2. The van der Waals surface area contributed by atoms with Gasteiger partial charge in [-0.15, -0.1) is 0 Å². The molecule has 1 nitrogen and oxygen atoms in total. The molecule has 0 aliphatic heterocycles. The Morgan fingerprint density at radius 3 is 1.21 bits per heavy atom. The summed E-state index contributed by atoms with van der Waals surface area (Å²) in [5.41, 5.74) is -0.395. The van der Waals surface area contributed by atoms with Crippen molar-refractivity contribution in [2.45, 2.75) is 175 Å². The fourth-order valence-electron chi connectivity index (χ4n) is 4.98. The first kappa shape index (κ1) is 29.0. The first-order chi connectivity index (χ1) is 14.1. The van der Waals surface area contributed by atoms with E-state index in [1.54, 1.807) is 0 Å². The van der Waals surface area contributed by atoms with Gasteiger partial charge in [0.15, 0.2) is 0 Å². The van der Waals surface area contributed by atoms with Crippen LogP contribution < -0.4 is 0 Å². The topological polar surface area (TPSA) is 20.2 Å². The highest BCUT2D eigenvalue weighted by Crippen LogP contribution is 2.36. The highest BCUT2D eigenvalue weighted by molar-refractivity contribution is 4.86. The third-order valence-corrected chi connectivity index (χ3v) is 7.09. The van der Waals surface area contributed by atoms with Crippen LogP contribution in [0.5, 0.6) is 0 Å². The molecule has 0 amide bonds. The Morgan fingerprint density at radius 2 is 0.828 bits per heavy atom. The van der Waals surface area contributed by atoms with Crippen LogP contribution in [0.1, 0.15) is 169 Å².